The van der Waals surface area contributed by atoms with Crippen LogP contribution in [0.25, 0.3) is 20.7 Å². The van der Waals surface area contributed by atoms with E-state index in [9.17, 15) is 19.5 Å². The molecule has 2 aromatic heterocycles. The summed E-state index contributed by atoms with van der Waals surface area (Å²) in [4.78, 5) is 59.9. The van der Waals surface area contributed by atoms with E-state index < -0.39 is 40.9 Å². The summed E-state index contributed by atoms with van der Waals surface area (Å²) in [5, 5.41) is 17.2. The van der Waals surface area contributed by atoms with Crippen LogP contribution in [0, 0.1) is 36.0 Å². The molecule has 1 saturated carbocycles. The van der Waals surface area contributed by atoms with Gasteiger partial charge in [0.15, 0.2) is 11.5 Å². The lowest BCUT2D eigenvalue weighted by molar-refractivity contribution is -0.138. The number of nitrogens with zero attached hydrogens (tertiary/aromatic N) is 4. The molecule has 1 N–H and O–H groups in total. The molecule has 4 aromatic rings. The average Bonchev–Trinajstić information content (AvgIpc) is 3.76. The van der Waals surface area contributed by atoms with E-state index in [-0.39, 0.29) is 41.4 Å². The first-order valence-electron chi connectivity index (χ1n) is 16.4. The van der Waals surface area contributed by atoms with Crippen LogP contribution in [0.4, 0.5) is 5.82 Å². The number of aromatic hydroxyl groups is 1. The van der Waals surface area contributed by atoms with Gasteiger partial charge in [0.05, 0.1) is 42.3 Å². The van der Waals surface area contributed by atoms with E-state index in [2.05, 4.69) is 0 Å². The zero-order chi connectivity index (χ0) is 35.5. The van der Waals surface area contributed by atoms with Crippen LogP contribution in [0.5, 0.6) is 17.2 Å². The van der Waals surface area contributed by atoms with E-state index in [1.54, 1.807) is 41.3 Å². The molecule has 2 saturated heterocycles. The zero-order valence-corrected chi connectivity index (χ0v) is 29.9. The monoisotopic (exact) mass is 714 g/mol. The van der Waals surface area contributed by atoms with E-state index in [0.717, 1.165) is 26.1 Å². The Labute approximate surface area is 297 Å². The molecule has 0 unspecified atom stereocenters. The molecule has 0 bridgehead atoms. The molecule has 0 radical (unpaired) electrons. The highest BCUT2D eigenvalue weighted by Crippen LogP contribution is 2.64. The minimum absolute atomic E-state index is 0.146. The number of imide groups is 2. The lowest BCUT2D eigenvalue weighted by Crippen LogP contribution is -2.48. The largest absolute Gasteiger partial charge is 0.502 e. The Morgan fingerprint density at radius 1 is 0.980 bits per heavy atom. The molecular formula is C37H35ClN4O7S. The number of allylic oxidation sites excluding steroid dienone is 2. The number of rotatable bonds is 5. The molecule has 3 fully saturated rings. The lowest BCUT2D eigenvalue weighted by atomic mass is 9.51. The van der Waals surface area contributed by atoms with E-state index >= 15 is 4.79 Å². The number of benzene rings is 2. The Morgan fingerprint density at radius 2 is 1.68 bits per heavy atom. The molecular weight excluding hydrogens is 680 g/mol. The van der Waals surface area contributed by atoms with Gasteiger partial charge in [0.2, 0.25) is 29.4 Å². The Bertz CT molecular complexity index is 2200. The normalized spacial score (nSPS) is 27.5. The molecule has 2 aliphatic heterocycles. The fourth-order valence-electron chi connectivity index (χ4n) is 9.07. The summed E-state index contributed by atoms with van der Waals surface area (Å²) in [6, 6.07) is 10.8. The smallest absolute Gasteiger partial charge is 0.242 e. The van der Waals surface area contributed by atoms with Crippen molar-refractivity contribution in [3.05, 3.63) is 64.2 Å². The molecule has 4 amide bonds. The van der Waals surface area contributed by atoms with Crippen LogP contribution in [-0.2, 0) is 26.2 Å². The molecule has 0 spiro atoms. The number of phenolic OH excluding ortho intramolecular Hbond substituents is 1. The van der Waals surface area contributed by atoms with Crippen molar-refractivity contribution in [1.82, 2.24) is 14.7 Å². The van der Waals surface area contributed by atoms with Gasteiger partial charge < -0.3 is 14.6 Å². The Balaban J connectivity index is 1.28. The summed E-state index contributed by atoms with van der Waals surface area (Å²) in [5.41, 5.74) is 1.74. The van der Waals surface area contributed by atoms with Crippen LogP contribution in [0.15, 0.2) is 48.0 Å². The van der Waals surface area contributed by atoms with Crippen molar-refractivity contribution in [1.29, 1.82) is 0 Å². The van der Waals surface area contributed by atoms with Gasteiger partial charge in [0.25, 0.3) is 0 Å². The molecule has 13 heteroatoms. The molecule has 11 nitrogen and oxygen atoms in total. The maximum atomic E-state index is 15.0. The highest BCUT2D eigenvalue weighted by Gasteiger charge is 2.67. The number of carbonyl (C=O) groups is 4. The summed E-state index contributed by atoms with van der Waals surface area (Å²) in [6.07, 6.45) is 2.54. The predicted molar refractivity (Wildman–Crippen MR) is 187 cm³/mol. The van der Waals surface area contributed by atoms with Crippen LogP contribution < -0.4 is 14.4 Å². The van der Waals surface area contributed by atoms with E-state index in [1.807, 2.05) is 38.1 Å². The number of likely N-dealkylation sites (tertiary alicyclic amines) is 1. The van der Waals surface area contributed by atoms with Gasteiger partial charge in [-0.15, -0.1) is 11.3 Å². The number of amides is 4. The highest BCUT2D eigenvalue weighted by molar-refractivity contribution is 7.22. The summed E-state index contributed by atoms with van der Waals surface area (Å²) >= 11 is 7.86. The summed E-state index contributed by atoms with van der Waals surface area (Å²) in [5.74, 6) is -4.03. The van der Waals surface area contributed by atoms with E-state index in [4.69, 9.17) is 26.2 Å². The Morgan fingerprint density at radius 3 is 2.36 bits per heavy atom. The number of thiophene rings is 1. The standard InChI is InChI=1S/C37H35ClN4O7S/c1-16-21-13-18(38)7-10-27(21)50-32(16)24-15-28(41(4)39-24)42-34(45)23-14-22-19(8-9-20-29(22)35(46)40(3)33(20)44)30(37(23,2)36(42)47)17-11-25(48-5)31(43)26(12-17)49-6/h7-8,10-13,15,20,22-23,29-30,43H,9,14H2,1-6H3/t20-,22+,23-,29-,30-,37+/m0/s1. The second-order valence-electron chi connectivity index (χ2n) is 13.9. The van der Waals surface area contributed by atoms with Gasteiger partial charge in [-0.3, -0.25) is 28.8 Å². The van der Waals surface area contributed by atoms with Gasteiger partial charge in [-0.25, -0.2) is 4.90 Å². The highest BCUT2D eigenvalue weighted by atomic mass is 35.5. The third-order valence-corrected chi connectivity index (χ3v) is 13.1. The number of hydrogen-bond acceptors (Lipinski definition) is 9. The number of fused-ring (bicyclic) bond motifs is 5. The Kier molecular flexibility index (Phi) is 7.26. The molecule has 2 aromatic carbocycles. The maximum Gasteiger partial charge on any atom is 0.242 e. The Hall–Kier alpha value is -4.68. The molecule has 2 aliphatic carbocycles. The van der Waals surface area contributed by atoms with Gasteiger partial charge in [0.1, 0.15) is 11.5 Å². The summed E-state index contributed by atoms with van der Waals surface area (Å²) < 4.78 is 13.6. The number of aromatic nitrogens is 2. The van der Waals surface area contributed by atoms with Crippen LogP contribution in [0.2, 0.25) is 5.02 Å². The number of ether oxygens (including phenoxy) is 2. The third-order valence-electron chi connectivity index (χ3n) is 11.5. The maximum absolute atomic E-state index is 15.0. The van der Waals surface area contributed by atoms with Gasteiger partial charge in [-0.05, 0) is 79.5 Å². The quantitative estimate of drug-likeness (QED) is 0.201. The first-order valence-corrected chi connectivity index (χ1v) is 17.6. The van der Waals surface area contributed by atoms with Crippen molar-refractivity contribution in [3.8, 4) is 27.8 Å². The van der Waals surface area contributed by atoms with Crippen molar-refractivity contribution >= 4 is 62.5 Å². The van der Waals surface area contributed by atoms with Crippen molar-refractivity contribution < 1.29 is 33.8 Å². The molecule has 50 heavy (non-hydrogen) atoms. The number of carbonyl (C=O) groups excluding carboxylic acids is 4. The van der Waals surface area contributed by atoms with Gasteiger partial charge in [0, 0.05) is 35.8 Å². The number of anilines is 1. The average molecular weight is 715 g/mol. The zero-order valence-electron chi connectivity index (χ0n) is 28.3. The minimum atomic E-state index is -1.30. The predicted octanol–water partition coefficient (Wildman–Crippen LogP) is 5.85. The first-order chi connectivity index (χ1) is 23.8. The first kappa shape index (κ1) is 32.5. The van der Waals surface area contributed by atoms with Crippen molar-refractivity contribution in [2.45, 2.75) is 32.6 Å². The number of aryl methyl sites for hydroxylation is 2. The third kappa shape index (κ3) is 4.24. The van der Waals surface area contributed by atoms with Crippen molar-refractivity contribution in [2.75, 3.05) is 26.2 Å². The van der Waals surface area contributed by atoms with Gasteiger partial charge >= 0.3 is 0 Å². The van der Waals surface area contributed by atoms with Crippen LogP contribution in [0.1, 0.15) is 36.8 Å². The van der Waals surface area contributed by atoms with Crippen molar-refractivity contribution in [2.24, 2.45) is 36.1 Å². The molecule has 8 rings (SSSR count). The molecule has 4 aliphatic rings. The van der Waals surface area contributed by atoms with Gasteiger partial charge in [-0.2, -0.15) is 5.10 Å². The van der Waals surface area contributed by atoms with Crippen LogP contribution >= 0.6 is 22.9 Å². The topological polar surface area (TPSA) is 131 Å². The number of methoxy groups -OCH3 is 2. The lowest BCUT2D eigenvalue weighted by Gasteiger charge is -2.49. The number of phenols is 1. The second kappa shape index (κ2) is 11.2. The fourth-order valence-corrected chi connectivity index (χ4v) is 10.4. The fraction of sp³-hybridized carbons (Fsp3) is 0.378. The molecule has 4 heterocycles. The summed E-state index contributed by atoms with van der Waals surface area (Å²) in [7, 11) is 6.06. The molecule has 258 valence electrons. The van der Waals surface area contributed by atoms with Crippen LogP contribution in [-0.4, -0.2) is 64.7 Å². The van der Waals surface area contributed by atoms with Gasteiger partial charge in [-0.1, -0.05) is 23.3 Å². The SMILES string of the molecule is COc1cc([C@H]2C3=CC[C@@H]4C(=O)N(C)C(=O)[C@@H]4[C@@H]3C[C@H]3C(=O)N(c4cc(-c5sc6ccc(Cl)cc6c5C)nn4C)C(=O)[C@@]23C)cc(OC)c1O. The van der Waals surface area contributed by atoms with Crippen molar-refractivity contribution in [3.63, 3.8) is 0 Å². The minimum Gasteiger partial charge on any atom is -0.502 e. The summed E-state index contributed by atoms with van der Waals surface area (Å²) in [6.45, 7) is 3.81. The van der Waals surface area contributed by atoms with E-state index in [0.29, 0.717) is 28.5 Å². The molecule has 6 atom stereocenters. The number of halogens is 1. The number of hydrogen-bond donors (Lipinski definition) is 1. The second-order valence-corrected chi connectivity index (χ2v) is 15.4. The van der Waals surface area contributed by atoms with Crippen LogP contribution in [0.3, 0.4) is 0 Å². The van der Waals surface area contributed by atoms with E-state index in [1.165, 1.54) is 31.1 Å².